The normalized spacial score (nSPS) is 20.8. The number of nitrogens with zero attached hydrogens (tertiary/aromatic N) is 1. The maximum Gasteiger partial charge on any atom is 0.251 e. The molecule has 4 heteroatoms. The number of nitrogens with one attached hydrogen (secondary N) is 1. The number of hydrogen-bond acceptors (Lipinski definition) is 3. The van der Waals surface area contributed by atoms with E-state index >= 15 is 0 Å². The summed E-state index contributed by atoms with van der Waals surface area (Å²) in [5.74, 6) is 0.628. The van der Waals surface area contributed by atoms with Crippen molar-refractivity contribution in [3.05, 3.63) is 29.8 Å². The predicted octanol–water partition coefficient (Wildman–Crippen LogP) is 3.29. The van der Waals surface area contributed by atoms with Gasteiger partial charge in [-0.1, -0.05) is 13.3 Å². The van der Waals surface area contributed by atoms with E-state index in [9.17, 15) is 4.79 Å². The third kappa shape index (κ3) is 4.22. The van der Waals surface area contributed by atoms with E-state index in [-0.39, 0.29) is 17.9 Å². The Balaban J connectivity index is 1.89. The van der Waals surface area contributed by atoms with Crippen LogP contribution in [0.3, 0.4) is 0 Å². The molecular weight excluding hydrogens is 264 g/mol. The zero-order chi connectivity index (χ0) is 15.1. The molecule has 1 aliphatic rings. The monoisotopic (exact) mass is 286 g/mol. The Morgan fingerprint density at radius 2 is 2.14 bits per heavy atom. The molecule has 2 atom stereocenters. The van der Waals surface area contributed by atoms with Crippen molar-refractivity contribution in [3.8, 4) is 11.8 Å². The van der Waals surface area contributed by atoms with Crippen LogP contribution in [0.15, 0.2) is 24.3 Å². The van der Waals surface area contributed by atoms with Gasteiger partial charge in [0.15, 0.2) is 0 Å². The number of unbranched alkanes of at least 4 members (excludes halogenated alkanes) is 1. The van der Waals surface area contributed by atoms with Gasteiger partial charge in [0, 0.05) is 11.6 Å². The molecule has 1 aliphatic carbocycles. The lowest BCUT2D eigenvalue weighted by atomic mass is 10.1. The summed E-state index contributed by atoms with van der Waals surface area (Å²) in [5.41, 5.74) is 0.612. The van der Waals surface area contributed by atoms with Gasteiger partial charge in [-0.3, -0.25) is 4.79 Å². The molecule has 1 fully saturated rings. The molecule has 0 aromatic heterocycles. The van der Waals surface area contributed by atoms with E-state index in [1.807, 2.05) is 12.1 Å². The lowest BCUT2D eigenvalue weighted by Crippen LogP contribution is -2.36. The molecule has 1 aromatic carbocycles. The Bertz CT molecular complexity index is 505. The highest BCUT2D eigenvalue weighted by Gasteiger charge is 2.28. The van der Waals surface area contributed by atoms with Crippen LogP contribution in [0.25, 0.3) is 0 Å². The van der Waals surface area contributed by atoms with Gasteiger partial charge in [0.25, 0.3) is 5.91 Å². The first-order chi connectivity index (χ1) is 10.2. The van der Waals surface area contributed by atoms with Gasteiger partial charge >= 0.3 is 0 Å². The summed E-state index contributed by atoms with van der Waals surface area (Å²) in [6.45, 7) is 2.82. The molecule has 0 saturated heterocycles. The molecule has 4 nitrogen and oxygen atoms in total. The number of hydrogen-bond donors (Lipinski definition) is 1. The lowest BCUT2D eigenvalue weighted by molar-refractivity contribution is 0.0933. The Labute approximate surface area is 126 Å². The number of amides is 1. The first-order valence-corrected chi connectivity index (χ1v) is 7.68. The predicted molar refractivity (Wildman–Crippen MR) is 81.1 cm³/mol. The number of benzene rings is 1. The molecular formula is C17H22N2O2. The minimum Gasteiger partial charge on any atom is -0.494 e. The molecule has 0 bridgehead atoms. The van der Waals surface area contributed by atoms with E-state index in [4.69, 9.17) is 10.00 Å². The summed E-state index contributed by atoms with van der Waals surface area (Å²) in [4.78, 5) is 12.2. The largest absolute Gasteiger partial charge is 0.494 e. The van der Waals surface area contributed by atoms with Crippen LogP contribution in [0.1, 0.15) is 49.4 Å². The molecule has 21 heavy (non-hydrogen) atoms. The van der Waals surface area contributed by atoms with Crippen molar-refractivity contribution in [3.63, 3.8) is 0 Å². The second kappa shape index (κ2) is 7.68. The minimum absolute atomic E-state index is 0.0111. The average molecular weight is 286 g/mol. The number of nitriles is 1. The van der Waals surface area contributed by atoms with Crippen molar-refractivity contribution in [2.75, 3.05) is 6.61 Å². The van der Waals surface area contributed by atoms with Gasteiger partial charge in [0.1, 0.15) is 5.75 Å². The van der Waals surface area contributed by atoms with Gasteiger partial charge in [-0.05, 0) is 49.9 Å². The van der Waals surface area contributed by atoms with Crippen molar-refractivity contribution < 1.29 is 9.53 Å². The summed E-state index contributed by atoms with van der Waals surface area (Å²) in [5, 5.41) is 12.0. The summed E-state index contributed by atoms with van der Waals surface area (Å²) < 4.78 is 5.57. The highest BCUT2D eigenvalue weighted by molar-refractivity contribution is 5.94. The maximum atomic E-state index is 12.2. The Kier molecular flexibility index (Phi) is 5.62. The molecule has 2 unspecified atom stereocenters. The second-order valence-corrected chi connectivity index (χ2v) is 5.47. The van der Waals surface area contributed by atoms with E-state index in [0.717, 1.165) is 37.9 Å². The number of ether oxygens (including phenoxy) is 1. The van der Waals surface area contributed by atoms with Gasteiger partial charge in [-0.2, -0.15) is 5.26 Å². The fourth-order valence-electron chi connectivity index (χ4n) is 2.58. The standard InChI is InChI=1S/C17H22N2O2/c1-2-3-11-21-15-9-7-13(8-10-15)17(20)19-16-6-4-5-14(16)12-18/h7-10,14,16H,2-6,11H2,1H3,(H,19,20). The van der Waals surface area contributed by atoms with Crippen LogP contribution in [0, 0.1) is 17.2 Å². The molecule has 2 rings (SSSR count). The van der Waals surface area contributed by atoms with Crippen LogP contribution in [0.5, 0.6) is 5.75 Å². The number of carbonyl (C=O) groups excluding carboxylic acids is 1. The quantitative estimate of drug-likeness (QED) is 0.816. The SMILES string of the molecule is CCCCOc1ccc(C(=O)NC2CCCC2C#N)cc1. The first-order valence-electron chi connectivity index (χ1n) is 7.68. The van der Waals surface area contributed by atoms with Crippen molar-refractivity contribution >= 4 is 5.91 Å². The van der Waals surface area contributed by atoms with Crippen LogP contribution in [0.2, 0.25) is 0 Å². The van der Waals surface area contributed by atoms with Crippen molar-refractivity contribution in [2.45, 2.75) is 45.1 Å². The molecule has 0 aliphatic heterocycles. The van der Waals surface area contributed by atoms with Crippen LogP contribution < -0.4 is 10.1 Å². The van der Waals surface area contributed by atoms with Crippen molar-refractivity contribution in [2.24, 2.45) is 5.92 Å². The summed E-state index contributed by atoms with van der Waals surface area (Å²) >= 11 is 0. The summed E-state index contributed by atoms with van der Waals surface area (Å²) in [6, 6.07) is 9.45. The molecule has 1 amide bonds. The van der Waals surface area contributed by atoms with Gasteiger partial charge in [0.2, 0.25) is 0 Å². The fraction of sp³-hybridized carbons (Fsp3) is 0.529. The molecule has 112 valence electrons. The van der Waals surface area contributed by atoms with E-state index in [1.54, 1.807) is 12.1 Å². The first kappa shape index (κ1) is 15.4. The maximum absolute atomic E-state index is 12.2. The lowest BCUT2D eigenvalue weighted by Gasteiger charge is -2.15. The Morgan fingerprint density at radius 1 is 1.38 bits per heavy atom. The highest BCUT2D eigenvalue weighted by Crippen LogP contribution is 2.25. The molecule has 0 spiro atoms. The van der Waals surface area contributed by atoms with Crippen molar-refractivity contribution in [1.82, 2.24) is 5.32 Å². The molecule has 1 aromatic rings. The van der Waals surface area contributed by atoms with E-state index in [1.165, 1.54) is 0 Å². The van der Waals surface area contributed by atoms with E-state index in [2.05, 4.69) is 18.3 Å². The van der Waals surface area contributed by atoms with Crippen LogP contribution in [0.4, 0.5) is 0 Å². The molecule has 0 radical (unpaired) electrons. The van der Waals surface area contributed by atoms with Gasteiger partial charge in [-0.25, -0.2) is 0 Å². The average Bonchev–Trinajstić information content (AvgIpc) is 2.95. The van der Waals surface area contributed by atoms with E-state index < -0.39 is 0 Å². The van der Waals surface area contributed by atoms with Gasteiger partial charge < -0.3 is 10.1 Å². The molecule has 0 heterocycles. The van der Waals surface area contributed by atoms with E-state index in [0.29, 0.717) is 12.2 Å². The summed E-state index contributed by atoms with van der Waals surface area (Å²) in [6.07, 6.45) is 4.91. The Hall–Kier alpha value is -2.02. The summed E-state index contributed by atoms with van der Waals surface area (Å²) in [7, 11) is 0. The zero-order valence-corrected chi connectivity index (χ0v) is 12.5. The fourth-order valence-corrected chi connectivity index (χ4v) is 2.58. The molecule has 1 saturated carbocycles. The minimum atomic E-state index is -0.109. The van der Waals surface area contributed by atoms with Crippen LogP contribution in [-0.2, 0) is 0 Å². The zero-order valence-electron chi connectivity index (χ0n) is 12.5. The third-order valence-electron chi connectivity index (χ3n) is 3.88. The molecule has 1 N–H and O–H groups in total. The smallest absolute Gasteiger partial charge is 0.251 e. The third-order valence-corrected chi connectivity index (χ3v) is 3.88. The highest BCUT2D eigenvalue weighted by atomic mass is 16.5. The number of rotatable bonds is 6. The van der Waals surface area contributed by atoms with Crippen LogP contribution in [-0.4, -0.2) is 18.6 Å². The van der Waals surface area contributed by atoms with Crippen molar-refractivity contribution in [1.29, 1.82) is 5.26 Å². The topological polar surface area (TPSA) is 62.1 Å². The van der Waals surface area contributed by atoms with Crippen LogP contribution >= 0.6 is 0 Å². The number of carbonyl (C=O) groups is 1. The second-order valence-electron chi connectivity index (χ2n) is 5.47. The Morgan fingerprint density at radius 3 is 2.81 bits per heavy atom. The van der Waals surface area contributed by atoms with Gasteiger partial charge in [0.05, 0.1) is 18.6 Å². The van der Waals surface area contributed by atoms with Gasteiger partial charge in [-0.15, -0.1) is 0 Å².